The van der Waals surface area contributed by atoms with E-state index < -0.39 is 0 Å². The van der Waals surface area contributed by atoms with Gasteiger partial charge in [0.2, 0.25) is 0 Å². The van der Waals surface area contributed by atoms with Crippen LogP contribution in [-0.2, 0) is 5.41 Å². The van der Waals surface area contributed by atoms with Gasteiger partial charge < -0.3 is 0 Å². The van der Waals surface area contributed by atoms with Crippen molar-refractivity contribution in [1.29, 1.82) is 0 Å². The zero-order valence-electron chi connectivity index (χ0n) is 11.7. The molecule has 1 atom stereocenters. The standard InChI is InChI=1S/C16H24ClN/c1-16(2,3)14-8-6-13(7-9-14)15(12-17)18-10-4-5-11-18/h6-9,15H,4-5,10-12H2,1-3H3. The Morgan fingerprint density at radius 3 is 2.11 bits per heavy atom. The van der Waals surface area contributed by atoms with Crippen LogP contribution in [0.15, 0.2) is 24.3 Å². The number of hydrogen-bond donors (Lipinski definition) is 0. The summed E-state index contributed by atoms with van der Waals surface area (Å²) in [4.78, 5) is 2.51. The maximum atomic E-state index is 6.17. The van der Waals surface area contributed by atoms with Crippen LogP contribution < -0.4 is 0 Å². The van der Waals surface area contributed by atoms with Gasteiger partial charge in [0, 0.05) is 11.9 Å². The number of halogens is 1. The molecule has 0 saturated carbocycles. The maximum absolute atomic E-state index is 6.17. The normalized spacial score (nSPS) is 19.1. The quantitative estimate of drug-likeness (QED) is 0.734. The van der Waals surface area contributed by atoms with E-state index in [0.29, 0.717) is 11.9 Å². The van der Waals surface area contributed by atoms with E-state index in [1.807, 2.05) is 0 Å². The van der Waals surface area contributed by atoms with Crippen LogP contribution in [0.2, 0.25) is 0 Å². The Hall–Kier alpha value is -0.530. The van der Waals surface area contributed by atoms with Crippen molar-refractivity contribution in [3.63, 3.8) is 0 Å². The summed E-state index contributed by atoms with van der Waals surface area (Å²) in [5.41, 5.74) is 2.98. The SMILES string of the molecule is CC(C)(C)c1ccc(C(CCl)N2CCCC2)cc1. The molecule has 0 N–H and O–H groups in total. The Morgan fingerprint density at radius 2 is 1.67 bits per heavy atom. The first kappa shape index (κ1) is 13.9. The first-order chi connectivity index (χ1) is 8.52. The molecule has 1 heterocycles. The smallest absolute Gasteiger partial charge is 0.0483 e. The molecule has 1 saturated heterocycles. The number of alkyl halides is 1. The van der Waals surface area contributed by atoms with Gasteiger partial charge in [-0.3, -0.25) is 4.90 Å². The van der Waals surface area contributed by atoms with Gasteiger partial charge in [-0.25, -0.2) is 0 Å². The fourth-order valence-corrected chi connectivity index (χ4v) is 3.03. The molecule has 1 aliphatic heterocycles. The van der Waals surface area contributed by atoms with E-state index in [4.69, 9.17) is 11.6 Å². The molecule has 1 aromatic carbocycles. The first-order valence-electron chi connectivity index (χ1n) is 6.93. The lowest BCUT2D eigenvalue weighted by atomic mass is 9.86. The van der Waals surface area contributed by atoms with Crippen LogP contribution in [-0.4, -0.2) is 23.9 Å². The third-order valence-electron chi connectivity index (χ3n) is 3.89. The average molecular weight is 266 g/mol. The van der Waals surface area contributed by atoms with Crippen molar-refractivity contribution in [3.8, 4) is 0 Å². The molecule has 0 bridgehead atoms. The van der Waals surface area contributed by atoms with Crippen LogP contribution in [0, 0.1) is 0 Å². The molecular formula is C16H24ClN. The molecule has 0 radical (unpaired) electrons. The third kappa shape index (κ3) is 3.07. The second-order valence-electron chi connectivity index (χ2n) is 6.29. The summed E-state index contributed by atoms with van der Waals surface area (Å²) in [6.45, 7) is 9.14. The van der Waals surface area contributed by atoms with Crippen LogP contribution in [0.3, 0.4) is 0 Å². The van der Waals surface area contributed by atoms with Gasteiger partial charge in [0.05, 0.1) is 0 Å². The third-order valence-corrected chi connectivity index (χ3v) is 4.18. The molecule has 100 valence electrons. The maximum Gasteiger partial charge on any atom is 0.0483 e. The van der Waals surface area contributed by atoms with Gasteiger partial charge in [0.25, 0.3) is 0 Å². The summed E-state index contributed by atoms with van der Waals surface area (Å²) in [6.07, 6.45) is 2.63. The molecule has 1 nitrogen and oxygen atoms in total. The molecule has 1 fully saturated rings. The van der Waals surface area contributed by atoms with Gasteiger partial charge in [0.1, 0.15) is 0 Å². The molecule has 2 rings (SSSR count). The highest BCUT2D eigenvalue weighted by atomic mass is 35.5. The van der Waals surface area contributed by atoms with Crippen LogP contribution in [0.25, 0.3) is 0 Å². The van der Waals surface area contributed by atoms with Crippen molar-refractivity contribution in [1.82, 2.24) is 4.90 Å². The summed E-state index contributed by atoms with van der Waals surface area (Å²) in [5, 5.41) is 0. The minimum atomic E-state index is 0.225. The van der Waals surface area contributed by atoms with E-state index in [1.165, 1.54) is 37.1 Å². The predicted octanol–water partition coefficient (Wildman–Crippen LogP) is 4.36. The highest BCUT2D eigenvalue weighted by molar-refractivity contribution is 6.18. The van der Waals surface area contributed by atoms with Crippen molar-refractivity contribution < 1.29 is 0 Å². The van der Waals surface area contributed by atoms with E-state index >= 15 is 0 Å². The minimum absolute atomic E-state index is 0.225. The fourth-order valence-electron chi connectivity index (χ4n) is 2.66. The van der Waals surface area contributed by atoms with Gasteiger partial charge in [-0.05, 0) is 42.5 Å². The molecule has 0 aliphatic carbocycles. The Balaban J connectivity index is 2.16. The summed E-state index contributed by atoms with van der Waals surface area (Å²) in [5.74, 6) is 0.689. The van der Waals surface area contributed by atoms with Crippen molar-refractivity contribution in [2.24, 2.45) is 0 Å². The zero-order valence-corrected chi connectivity index (χ0v) is 12.5. The largest absolute Gasteiger partial charge is 0.295 e. The lowest BCUT2D eigenvalue weighted by Crippen LogP contribution is -2.26. The van der Waals surface area contributed by atoms with Gasteiger partial charge in [-0.1, -0.05) is 45.0 Å². The number of hydrogen-bond acceptors (Lipinski definition) is 1. The number of rotatable bonds is 3. The van der Waals surface area contributed by atoms with Crippen molar-refractivity contribution in [2.75, 3.05) is 19.0 Å². The number of benzene rings is 1. The molecule has 2 heteroatoms. The molecule has 0 amide bonds. The molecule has 1 aromatic rings. The van der Waals surface area contributed by atoms with Gasteiger partial charge >= 0.3 is 0 Å². The average Bonchev–Trinajstić information content (AvgIpc) is 2.83. The second kappa shape index (κ2) is 5.63. The second-order valence-corrected chi connectivity index (χ2v) is 6.59. The highest BCUT2D eigenvalue weighted by Crippen LogP contribution is 2.28. The lowest BCUT2D eigenvalue weighted by Gasteiger charge is -2.27. The summed E-state index contributed by atoms with van der Waals surface area (Å²) in [7, 11) is 0. The van der Waals surface area contributed by atoms with E-state index in [1.54, 1.807) is 0 Å². The Labute approximate surface area is 116 Å². The topological polar surface area (TPSA) is 3.24 Å². The van der Waals surface area contributed by atoms with E-state index in [0.717, 1.165) is 0 Å². The number of nitrogens with zero attached hydrogens (tertiary/aromatic N) is 1. The zero-order chi connectivity index (χ0) is 13.2. The van der Waals surface area contributed by atoms with Crippen LogP contribution in [0.5, 0.6) is 0 Å². The summed E-state index contributed by atoms with van der Waals surface area (Å²) in [6, 6.07) is 9.41. The lowest BCUT2D eigenvalue weighted by molar-refractivity contribution is 0.266. The molecule has 0 spiro atoms. The molecule has 0 aromatic heterocycles. The monoisotopic (exact) mass is 265 g/mol. The van der Waals surface area contributed by atoms with Crippen LogP contribution >= 0.6 is 11.6 Å². The van der Waals surface area contributed by atoms with Crippen molar-refractivity contribution in [2.45, 2.75) is 45.1 Å². The van der Waals surface area contributed by atoms with E-state index in [-0.39, 0.29) is 5.41 Å². The van der Waals surface area contributed by atoms with Crippen LogP contribution in [0.1, 0.15) is 50.8 Å². The van der Waals surface area contributed by atoms with E-state index in [2.05, 4.69) is 49.9 Å². The number of likely N-dealkylation sites (tertiary alicyclic amines) is 1. The summed E-state index contributed by atoms with van der Waals surface area (Å²) < 4.78 is 0. The highest BCUT2D eigenvalue weighted by Gasteiger charge is 2.23. The summed E-state index contributed by atoms with van der Waals surface area (Å²) >= 11 is 6.17. The Bertz CT molecular complexity index is 371. The molecule has 18 heavy (non-hydrogen) atoms. The van der Waals surface area contributed by atoms with E-state index in [9.17, 15) is 0 Å². The molecular weight excluding hydrogens is 242 g/mol. The van der Waals surface area contributed by atoms with Gasteiger partial charge in [-0.15, -0.1) is 11.6 Å². The minimum Gasteiger partial charge on any atom is -0.295 e. The van der Waals surface area contributed by atoms with Crippen molar-refractivity contribution >= 4 is 11.6 Å². The van der Waals surface area contributed by atoms with Gasteiger partial charge in [-0.2, -0.15) is 0 Å². The Kier molecular flexibility index (Phi) is 4.34. The van der Waals surface area contributed by atoms with Gasteiger partial charge in [0.15, 0.2) is 0 Å². The first-order valence-corrected chi connectivity index (χ1v) is 7.46. The fraction of sp³-hybridized carbons (Fsp3) is 0.625. The predicted molar refractivity (Wildman–Crippen MR) is 79.4 cm³/mol. The molecule has 1 aliphatic rings. The van der Waals surface area contributed by atoms with Crippen LogP contribution in [0.4, 0.5) is 0 Å². The Morgan fingerprint density at radius 1 is 1.11 bits per heavy atom. The molecule has 1 unspecified atom stereocenters. The van der Waals surface area contributed by atoms with Crippen molar-refractivity contribution in [3.05, 3.63) is 35.4 Å².